The van der Waals surface area contributed by atoms with Crippen LogP contribution in [0.4, 0.5) is 10.1 Å². The van der Waals surface area contributed by atoms with Gasteiger partial charge in [-0.25, -0.2) is 9.37 Å². The third-order valence-corrected chi connectivity index (χ3v) is 5.42. The quantitative estimate of drug-likeness (QED) is 0.497. The van der Waals surface area contributed by atoms with Gasteiger partial charge in [-0.05, 0) is 56.0 Å². The van der Waals surface area contributed by atoms with E-state index in [2.05, 4.69) is 22.2 Å². The summed E-state index contributed by atoms with van der Waals surface area (Å²) < 4.78 is 14.6. The second-order valence-electron chi connectivity index (χ2n) is 6.80. The van der Waals surface area contributed by atoms with Crippen molar-refractivity contribution < 1.29 is 4.39 Å². The molecule has 0 amide bonds. The van der Waals surface area contributed by atoms with Crippen LogP contribution in [0, 0.1) is 11.7 Å². The zero-order valence-corrected chi connectivity index (χ0v) is 16.2. The number of nitrogens with one attached hydrogen (secondary N) is 1. The van der Waals surface area contributed by atoms with Crippen molar-refractivity contribution in [2.45, 2.75) is 25.8 Å². The van der Waals surface area contributed by atoms with Crippen molar-refractivity contribution in [3.8, 4) is 22.5 Å². The number of halogens is 3. The molecule has 3 aromatic rings. The van der Waals surface area contributed by atoms with E-state index < -0.39 is 5.82 Å². The maximum Gasteiger partial charge on any atom is 0.139 e. The number of rotatable bonds is 5. The second-order valence-corrected chi connectivity index (χ2v) is 7.57. The zero-order chi connectivity index (χ0) is 19.0. The van der Waals surface area contributed by atoms with Gasteiger partial charge in [-0.1, -0.05) is 35.3 Å². The van der Waals surface area contributed by atoms with E-state index in [0.29, 0.717) is 33.6 Å². The van der Waals surface area contributed by atoms with Gasteiger partial charge < -0.3 is 5.32 Å². The average molecular weight is 402 g/mol. The molecule has 1 aliphatic rings. The molecule has 27 heavy (non-hydrogen) atoms. The van der Waals surface area contributed by atoms with Crippen molar-refractivity contribution in [1.82, 2.24) is 9.97 Å². The molecule has 1 fully saturated rings. The molecule has 2 heterocycles. The van der Waals surface area contributed by atoms with Gasteiger partial charge >= 0.3 is 0 Å². The first-order chi connectivity index (χ1) is 13.0. The molecule has 1 N–H and O–H groups in total. The van der Waals surface area contributed by atoms with Gasteiger partial charge in [-0.3, -0.25) is 4.98 Å². The molecule has 0 radical (unpaired) electrons. The Hall–Kier alpha value is -2.17. The molecule has 0 bridgehead atoms. The molecule has 0 spiro atoms. The Morgan fingerprint density at radius 1 is 1.07 bits per heavy atom. The summed E-state index contributed by atoms with van der Waals surface area (Å²) in [6, 6.07) is 12.3. The Labute approximate surface area is 167 Å². The van der Waals surface area contributed by atoms with E-state index >= 15 is 0 Å². The van der Waals surface area contributed by atoms with Crippen LogP contribution in [0.5, 0.6) is 0 Å². The molecule has 1 atom stereocenters. The molecular formula is C21H18Cl2FN3. The van der Waals surface area contributed by atoms with Crippen molar-refractivity contribution in [1.29, 1.82) is 0 Å². The van der Waals surface area contributed by atoms with Crippen LogP contribution in [0.2, 0.25) is 10.2 Å². The van der Waals surface area contributed by atoms with Crippen LogP contribution < -0.4 is 5.32 Å². The van der Waals surface area contributed by atoms with Gasteiger partial charge in [0, 0.05) is 29.1 Å². The molecule has 138 valence electrons. The summed E-state index contributed by atoms with van der Waals surface area (Å²) >= 11 is 12.8. The number of aromatic nitrogens is 2. The summed E-state index contributed by atoms with van der Waals surface area (Å²) in [5, 5.41) is 3.99. The van der Waals surface area contributed by atoms with Crippen molar-refractivity contribution in [2.75, 3.05) is 5.32 Å². The number of nitrogens with zero attached hydrogens (tertiary/aromatic N) is 2. The van der Waals surface area contributed by atoms with Crippen LogP contribution in [-0.2, 0) is 0 Å². The van der Waals surface area contributed by atoms with E-state index in [-0.39, 0.29) is 16.8 Å². The van der Waals surface area contributed by atoms with Crippen LogP contribution in [0.25, 0.3) is 22.5 Å². The van der Waals surface area contributed by atoms with E-state index in [4.69, 9.17) is 23.2 Å². The van der Waals surface area contributed by atoms with Gasteiger partial charge in [0.05, 0.1) is 16.4 Å². The number of pyridine rings is 2. The van der Waals surface area contributed by atoms with E-state index in [1.54, 1.807) is 18.3 Å². The normalized spacial score (nSPS) is 14.8. The summed E-state index contributed by atoms with van der Waals surface area (Å²) in [6.45, 7) is 2.12. The Balaban J connectivity index is 1.89. The molecule has 4 rings (SSSR count). The predicted molar refractivity (Wildman–Crippen MR) is 109 cm³/mol. The number of hydrogen-bond acceptors (Lipinski definition) is 3. The molecule has 1 saturated carbocycles. The molecule has 0 aliphatic heterocycles. The van der Waals surface area contributed by atoms with Crippen LogP contribution in [0.3, 0.4) is 0 Å². The Morgan fingerprint density at radius 3 is 2.56 bits per heavy atom. The van der Waals surface area contributed by atoms with Crippen molar-refractivity contribution in [2.24, 2.45) is 5.92 Å². The lowest BCUT2D eigenvalue weighted by atomic mass is 10.0. The first kappa shape index (κ1) is 18.2. The number of hydrogen-bond donors (Lipinski definition) is 1. The minimum Gasteiger partial charge on any atom is -0.382 e. The summed E-state index contributed by atoms with van der Waals surface area (Å²) in [4.78, 5) is 8.81. The number of benzene rings is 1. The van der Waals surface area contributed by atoms with Crippen LogP contribution >= 0.6 is 23.2 Å². The second kappa shape index (κ2) is 7.45. The highest BCUT2D eigenvalue weighted by atomic mass is 35.5. The molecular weight excluding hydrogens is 384 g/mol. The van der Waals surface area contributed by atoms with Gasteiger partial charge in [-0.15, -0.1) is 0 Å². The lowest BCUT2D eigenvalue weighted by Gasteiger charge is -2.20. The highest BCUT2D eigenvalue weighted by molar-refractivity contribution is 6.36. The highest BCUT2D eigenvalue weighted by Crippen LogP contribution is 2.43. The molecule has 0 saturated heterocycles. The maximum atomic E-state index is 14.6. The van der Waals surface area contributed by atoms with Gasteiger partial charge in [0.15, 0.2) is 0 Å². The fourth-order valence-corrected chi connectivity index (χ4v) is 3.75. The SMILES string of the molecule is CC(Nc1cc(-c2ccccn2)nc(Cl)c1-c1c(F)cccc1Cl)C1CC1. The van der Waals surface area contributed by atoms with Gasteiger partial charge in [-0.2, -0.15) is 0 Å². The lowest BCUT2D eigenvalue weighted by molar-refractivity contribution is 0.631. The van der Waals surface area contributed by atoms with Crippen molar-refractivity contribution in [3.05, 3.63) is 64.7 Å². The van der Waals surface area contributed by atoms with Crippen molar-refractivity contribution in [3.63, 3.8) is 0 Å². The predicted octanol–water partition coefficient (Wildman–Crippen LogP) is 6.47. The first-order valence-corrected chi connectivity index (χ1v) is 9.63. The Morgan fingerprint density at radius 2 is 1.89 bits per heavy atom. The Kier molecular flexibility index (Phi) is 5.02. The maximum absolute atomic E-state index is 14.6. The van der Waals surface area contributed by atoms with E-state index in [1.165, 1.54) is 18.9 Å². The molecule has 6 heteroatoms. The fourth-order valence-electron chi connectivity index (χ4n) is 3.21. The summed E-state index contributed by atoms with van der Waals surface area (Å²) in [7, 11) is 0. The van der Waals surface area contributed by atoms with E-state index in [9.17, 15) is 4.39 Å². The van der Waals surface area contributed by atoms with Crippen LogP contribution in [0.15, 0.2) is 48.7 Å². The van der Waals surface area contributed by atoms with E-state index in [1.807, 2.05) is 24.3 Å². The van der Waals surface area contributed by atoms with E-state index in [0.717, 1.165) is 0 Å². The standard InChI is InChI=1S/C21H18Cl2FN3/c1-12(13-8-9-13)26-18-11-17(16-7-2-3-10-25-16)27-21(23)20(18)19-14(22)5-4-6-15(19)24/h2-7,10-13H,8-9H2,1H3,(H,26,27). The van der Waals surface area contributed by atoms with Crippen molar-refractivity contribution >= 4 is 28.9 Å². The third-order valence-electron chi connectivity index (χ3n) is 4.83. The highest BCUT2D eigenvalue weighted by Gasteiger charge is 2.29. The third kappa shape index (κ3) is 3.78. The fraction of sp³-hybridized carbons (Fsp3) is 0.238. The smallest absolute Gasteiger partial charge is 0.139 e. The molecule has 1 aromatic carbocycles. The average Bonchev–Trinajstić information content (AvgIpc) is 3.49. The summed E-state index contributed by atoms with van der Waals surface area (Å²) in [5.41, 5.74) is 2.78. The summed E-state index contributed by atoms with van der Waals surface area (Å²) in [6.07, 6.45) is 4.08. The van der Waals surface area contributed by atoms with Crippen LogP contribution in [0.1, 0.15) is 19.8 Å². The summed E-state index contributed by atoms with van der Waals surface area (Å²) in [5.74, 6) is 0.179. The lowest BCUT2D eigenvalue weighted by Crippen LogP contribution is -2.18. The monoisotopic (exact) mass is 401 g/mol. The largest absolute Gasteiger partial charge is 0.382 e. The molecule has 1 unspecified atom stereocenters. The minimum absolute atomic E-state index is 0.190. The van der Waals surface area contributed by atoms with Gasteiger partial charge in [0.25, 0.3) is 0 Å². The van der Waals surface area contributed by atoms with Gasteiger partial charge in [0.1, 0.15) is 11.0 Å². The Bertz CT molecular complexity index is 954. The molecule has 2 aromatic heterocycles. The minimum atomic E-state index is -0.432. The first-order valence-electron chi connectivity index (χ1n) is 8.87. The van der Waals surface area contributed by atoms with Gasteiger partial charge in [0.2, 0.25) is 0 Å². The zero-order valence-electron chi connectivity index (χ0n) is 14.7. The van der Waals surface area contributed by atoms with Crippen LogP contribution in [-0.4, -0.2) is 16.0 Å². The molecule has 1 aliphatic carbocycles. The number of anilines is 1. The molecule has 3 nitrogen and oxygen atoms in total. The topological polar surface area (TPSA) is 37.8 Å².